The minimum atomic E-state index is 0.155. The molecule has 0 unspecified atom stereocenters. The van der Waals surface area contributed by atoms with Gasteiger partial charge < -0.3 is 14.4 Å². The summed E-state index contributed by atoms with van der Waals surface area (Å²) in [5.74, 6) is 2.06. The lowest BCUT2D eigenvalue weighted by Crippen LogP contribution is -2.06. The highest BCUT2D eigenvalue weighted by atomic mass is 16.5. The Labute approximate surface area is 136 Å². The Kier molecular flexibility index (Phi) is 4.24. The summed E-state index contributed by atoms with van der Waals surface area (Å²) in [7, 11) is 0. The second kappa shape index (κ2) is 6.32. The van der Waals surface area contributed by atoms with Crippen LogP contribution in [0.15, 0.2) is 42.5 Å². The van der Waals surface area contributed by atoms with Crippen LogP contribution in [0, 0.1) is 5.92 Å². The maximum absolute atomic E-state index is 9.92. The third kappa shape index (κ3) is 3.02. The van der Waals surface area contributed by atoms with Crippen molar-refractivity contribution < 1.29 is 9.84 Å². The molecule has 0 spiro atoms. The van der Waals surface area contributed by atoms with Gasteiger partial charge in [-0.3, -0.25) is 0 Å². The number of imidazole rings is 1. The quantitative estimate of drug-likeness (QED) is 0.756. The van der Waals surface area contributed by atoms with Crippen LogP contribution < -0.4 is 4.74 Å². The topological polar surface area (TPSA) is 47.3 Å². The number of para-hydroxylation sites is 2. The molecule has 0 saturated carbocycles. The summed E-state index contributed by atoms with van der Waals surface area (Å²) in [5.41, 5.74) is 3.06. The van der Waals surface area contributed by atoms with Gasteiger partial charge in [0.25, 0.3) is 0 Å². The third-order valence-electron chi connectivity index (χ3n) is 3.72. The highest BCUT2D eigenvalue weighted by Gasteiger charge is 2.15. The molecule has 0 aliphatic carbocycles. The Morgan fingerprint density at radius 1 is 1.17 bits per heavy atom. The molecule has 2 aromatic carbocycles. The van der Waals surface area contributed by atoms with Gasteiger partial charge in [0.05, 0.1) is 17.6 Å². The van der Waals surface area contributed by atoms with Crippen LogP contribution >= 0.6 is 0 Å². The van der Waals surface area contributed by atoms with Crippen molar-refractivity contribution in [3.8, 4) is 22.9 Å². The zero-order valence-electron chi connectivity index (χ0n) is 13.8. The summed E-state index contributed by atoms with van der Waals surface area (Å²) in [4.78, 5) is 4.79. The first-order valence-electron chi connectivity index (χ1n) is 8.01. The van der Waals surface area contributed by atoms with Crippen LogP contribution in [-0.4, -0.2) is 21.3 Å². The molecule has 1 N–H and O–H groups in total. The molecule has 0 fully saturated rings. The zero-order valence-corrected chi connectivity index (χ0v) is 13.8. The number of phenolic OH excluding ortho intramolecular Hbond substituents is 1. The van der Waals surface area contributed by atoms with E-state index in [1.165, 1.54) is 0 Å². The second-order valence-corrected chi connectivity index (χ2v) is 6.04. The monoisotopic (exact) mass is 310 g/mol. The number of fused-ring (bicyclic) bond motifs is 1. The van der Waals surface area contributed by atoms with E-state index in [0.29, 0.717) is 18.3 Å². The molecule has 23 heavy (non-hydrogen) atoms. The fourth-order valence-corrected chi connectivity index (χ4v) is 2.77. The fraction of sp³-hybridized carbons (Fsp3) is 0.316. The molecule has 3 aromatic rings. The van der Waals surface area contributed by atoms with Crippen LogP contribution in [0.25, 0.3) is 22.4 Å². The van der Waals surface area contributed by atoms with Crippen molar-refractivity contribution in [3.63, 3.8) is 0 Å². The van der Waals surface area contributed by atoms with Crippen LogP contribution in [0.1, 0.15) is 20.8 Å². The average molecular weight is 310 g/mol. The number of ether oxygens (including phenoxy) is 1. The van der Waals surface area contributed by atoms with Crippen molar-refractivity contribution in [2.24, 2.45) is 5.92 Å². The molecule has 0 aliphatic rings. The van der Waals surface area contributed by atoms with E-state index in [4.69, 9.17) is 9.72 Å². The summed E-state index contributed by atoms with van der Waals surface area (Å²) in [6, 6.07) is 13.6. The average Bonchev–Trinajstić information content (AvgIpc) is 2.88. The number of hydrogen-bond acceptors (Lipinski definition) is 3. The van der Waals surface area contributed by atoms with Crippen molar-refractivity contribution in [1.29, 1.82) is 0 Å². The Morgan fingerprint density at radius 2 is 1.96 bits per heavy atom. The standard InChI is InChI=1S/C19H22N2O2/c1-4-23-18-11-14(9-10-17(18)22)19-20-15-7-5-6-8-16(15)21(19)12-13(2)3/h5-11,13,22H,4,12H2,1-3H3. The van der Waals surface area contributed by atoms with Gasteiger partial charge in [-0.05, 0) is 43.2 Å². The SMILES string of the molecule is CCOc1cc(-c2nc3ccccc3n2CC(C)C)ccc1O. The predicted molar refractivity (Wildman–Crippen MR) is 92.8 cm³/mol. The summed E-state index contributed by atoms with van der Waals surface area (Å²) in [6.07, 6.45) is 0. The van der Waals surface area contributed by atoms with E-state index in [1.54, 1.807) is 6.07 Å². The van der Waals surface area contributed by atoms with Gasteiger partial charge in [-0.25, -0.2) is 4.98 Å². The zero-order chi connectivity index (χ0) is 16.4. The van der Waals surface area contributed by atoms with Gasteiger partial charge in [0.1, 0.15) is 5.82 Å². The lowest BCUT2D eigenvalue weighted by molar-refractivity contribution is 0.318. The molecule has 120 valence electrons. The largest absolute Gasteiger partial charge is 0.504 e. The van der Waals surface area contributed by atoms with Crippen molar-refractivity contribution in [3.05, 3.63) is 42.5 Å². The van der Waals surface area contributed by atoms with Crippen molar-refractivity contribution in [2.45, 2.75) is 27.3 Å². The second-order valence-electron chi connectivity index (χ2n) is 6.04. The lowest BCUT2D eigenvalue weighted by Gasteiger charge is -2.13. The van der Waals surface area contributed by atoms with Crippen molar-refractivity contribution in [2.75, 3.05) is 6.61 Å². The molecular weight excluding hydrogens is 288 g/mol. The number of aromatic nitrogens is 2. The molecule has 1 aromatic heterocycles. The molecule has 0 radical (unpaired) electrons. The third-order valence-corrected chi connectivity index (χ3v) is 3.72. The van der Waals surface area contributed by atoms with Gasteiger partial charge in [0.2, 0.25) is 0 Å². The van der Waals surface area contributed by atoms with E-state index in [-0.39, 0.29) is 5.75 Å². The Balaban J connectivity index is 2.17. The molecular formula is C19H22N2O2. The molecule has 0 aliphatic heterocycles. The number of nitrogens with zero attached hydrogens (tertiary/aromatic N) is 2. The first kappa shape index (κ1) is 15.4. The minimum Gasteiger partial charge on any atom is -0.504 e. The highest BCUT2D eigenvalue weighted by Crippen LogP contribution is 2.33. The maximum atomic E-state index is 9.92. The summed E-state index contributed by atoms with van der Waals surface area (Å²) in [5, 5.41) is 9.92. The van der Waals surface area contributed by atoms with Gasteiger partial charge in [-0.1, -0.05) is 26.0 Å². The number of benzene rings is 2. The van der Waals surface area contributed by atoms with E-state index in [0.717, 1.165) is 29.0 Å². The van der Waals surface area contributed by atoms with Gasteiger partial charge in [-0.2, -0.15) is 0 Å². The number of rotatable bonds is 5. The van der Waals surface area contributed by atoms with Gasteiger partial charge in [-0.15, -0.1) is 0 Å². The molecule has 3 rings (SSSR count). The van der Waals surface area contributed by atoms with Crippen LogP contribution in [0.4, 0.5) is 0 Å². The maximum Gasteiger partial charge on any atom is 0.161 e. The van der Waals surface area contributed by atoms with E-state index in [9.17, 15) is 5.11 Å². The lowest BCUT2D eigenvalue weighted by atomic mass is 10.1. The van der Waals surface area contributed by atoms with E-state index in [2.05, 4.69) is 24.5 Å². The fourth-order valence-electron chi connectivity index (χ4n) is 2.77. The van der Waals surface area contributed by atoms with Crippen LogP contribution in [-0.2, 0) is 6.54 Å². The van der Waals surface area contributed by atoms with Crippen LogP contribution in [0.3, 0.4) is 0 Å². The number of phenols is 1. The normalized spacial score (nSPS) is 11.3. The van der Waals surface area contributed by atoms with E-state index >= 15 is 0 Å². The molecule has 0 bridgehead atoms. The highest BCUT2D eigenvalue weighted by molar-refractivity contribution is 5.81. The van der Waals surface area contributed by atoms with Gasteiger partial charge in [0, 0.05) is 12.1 Å². The summed E-state index contributed by atoms with van der Waals surface area (Å²) in [6.45, 7) is 7.70. The molecule has 0 amide bonds. The molecule has 4 nitrogen and oxygen atoms in total. The van der Waals surface area contributed by atoms with Crippen molar-refractivity contribution in [1.82, 2.24) is 9.55 Å². The van der Waals surface area contributed by atoms with E-state index < -0.39 is 0 Å². The minimum absolute atomic E-state index is 0.155. The summed E-state index contributed by atoms with van der Waals surface area (Å²) >= 11 is 0. The van der Waals surface area contributed by atoms with Crippen LogP contribution in [0.5, 0.6) is 11.5 Å². The molecule has 1 heterocycles. The van der Waals surface area contributed by atoms with Gasteiger partial charge in [0.15, 0.2) is 11.5 Å². The first-order valence-corrected chi connectivity index (χ1v) is 8.01. The Hall–Kier alpha value is -2.49. The molecule has 4 heteroatoms. The predicted octanol–water partition coefficient (Wildman–Crippen LogP) is 4.46. The Morgan fingerprint density at radius 3 is 2.70 bits per heavy atom. The number of aromatic hydroxyl groups is 1. The Bertz CT molecular complexity index is 821. The smallest absolute Gasteiger partial charge is 0.161 e. The first-order chi connectivity index (χ1) is 11.1. The van der Waals surface area contributed by atoms with Gasteiger partial charge >= 0.3 is 0 Å². The van der Waals surface area contributed by atoms with Crippen molar-refractivity contribution >= 4 is 11.0 Å². The van der Waals surface area contributed by atoms with E-state index in [1.807, 2.05) is 37.3 Å². The van der Waals surface area contributed by atoms with Crippen LogP contribution in [0.2, 0.25) is 0 Å². The summed E-state index contributed by atoms with van der Waals surface area (Å²) < 4.78 is 7.74. The number of hydrogen-bond donors (Lipinski definition) is 1. The molecule has 0 saturated heterocycles. The molecule has 0 atom stereocenters.